The van der Waals surface area contributed by atoms with Crippen molar-refractivity contribution in [2.75, 3.05) is 13.1 Å². The number of hydrogen-bond donors (Lipinski definition) is 1. The van der Waals surface area contributed by atoms with Gasteiger partial charge in [0, 0.05) is 24.3 Å². The topological polar surface area (TPSA) is 50.2 Å². The first-order valence-electron chi connectivity index (χ1n) is 8.45. The van der Waals surface area contributed by atoms with Gasteiger partial charge in [0.25, 0.3) is 0 Å². The first-order chi connectivity index (χ1) is 11.3. The molecule has 1 N–H and O–H groups in total. The van der Waals surface area contributed by atoms with Gasteiger partial charge in [-0.25, -0.2) is 4.79 Å². The zero-order valence-electron chi connectivity index (χ0n) is 13.2. The Balaban J connectivity index is 1.51. The molecule has 2 amide bonds. The summed E-state index contributed by atoms with van der Waals surface area (Å²) in [4.78, 5) is 14.1. The van der Waals surface area contributed by atoms with Crippen molar-refractivity contribution in [3.8, 4) is 0 Å². The molecule has 1 saturated heterocycles. The van der Waals surface area contributed by atoms with Gasteiger partial charge >= 0.3 is 6.03 Å². The molecule has 0 spiro atoms. The standard InChI is InChI=1S/C18H22N4O/c23-18(21-10-5-11-21)20-16-8-4-9-17-15(16)12-19-22(17)13-14-6-2-1-3-7-14/h1-3,6-7,12,16H,4-5,8-11,13H2,(H,20,23). The molecule has 0 bridgehead atoms. The van der Waals surface area contributed by atoms with Gasteiger partial charge in [0.15, 0.2) is 0 Å². The monoisotopic (exact) mass is 310 g/mol. The van der Waals surface area contributed by atoms with E-state index in [2.05, 4.69) is 39.4 Å². The van der Waals surface area contributed by atoms with Crippen LogP contribution in [-0.2, 0) is 13.0 Å². The van der Waals surface area contributed by atoms with Crippen LogP contribution in [0.15, 0.2) is 36.5 Å². The van der Waals surface area contributed by atoms with E-state index in [0.717, 1.165) is 45.3 Å². The first kappa shape index (κ1) is 14.3. The summed E-state index contributed by atoms with van der Waals surface area (Å²) in [5, 5.41) is 7.77. The summed E-state index contributed by atoms with van der Waals surface area (Å²) in [5.74, 6) is 0. The van der Waals surface area contributed by atoms with E-state index in [1.807, 2.05) is 17.2 Å². The van der Waals surface area contributed by atoms with Crippen LogP contribution in [0.4, 0.5) is 4.79 Å². The Bertz CT molecular complexity index is 690. The van der Waals surface area contributed by atoms with Gasteiger partial charge < -0.3 is 10.2 Å². The highest BCUT2D eigenvalue weighted by atomic mass is 16.2. The Hall–Kier alpha value is -2.30. The number of carbonyl (C=O) groups is 1. The second kappa shape index (κ2) is 6.07. The van der Waals surface area contributed by atoms with Crippen LogP contribution in [0, 0.1) is 0 Å². The Kier molecular flexibility index (Phi) is 3.77. The van der Waals surface area contributed by atoms with Crippen molar-refractivity contribution in [1.82, 2.24) is 20.0 Å². The van der Waals surface area contributed by atoms with Gasteiger partial charge in [-0.1, -0.05) is 30.3 Å². The maximum absolute atomic E-state index is 12.2. The van der Waals surface area contributed by atoms with Gasteiger partial charge in [-0.3, -0.25) is 4.68 Å². The van der Waals surface area contributed by atoms with E-state index in [9.17, 15) is 4.79 Å². The molecule has 5 nitrogen and oxygen atoms in total. The molecule has 1 unspecified atom stereocenters. The third-order valence-electron chi connectivity index (χ3n) is 4.88. The van der Waals surface area contributed by atoms with Gasteiger partial charge in [-0.2, -0.15) is 5.10 Å². The van der Waals surface area contributed by atoms with Crippen molar-refractivity contribution in [2.45, 2.75) is 38.3 Å². The molecule has 1 fully saturated rings. The van der Waals surface area contributed by atoms with E-state index < -0.39 is 0 Å². The average molecular weight is 310 g/mol. The van der Waals surface area contributed by atoms with Crippen molar-refractivity contribution >= 4 is 6.03 Å². The fraction of sp³-hybridized carbons (Fsp3) is 0.444. The molecule has 2 heterocycles. The molecule has 2 aromatic rings. The molecule has 2 aliphatic rings. The SMILES string of the molecule is O=C(NC1CCCc2c1cnn2Cc1ccccc1)N1CCC1. The fourth-order valence-corrected chi connectivity index (χ4v) is 3.42. The van der Waals surface area contributed by atoms with Crippen molar-refractivity contribution < 1.29 is 4.79 Å². The third-order valence-corrected chi connectivity index (χ3v) is 4.88. The number of carbonyl (C=O) groups excluding carboxylic acids is 1. The van der Waals surface area contributed by atoms with Gasteiger partial charge in [-0.15, -0.1) is 0 Å². The van der Waals surface area contributed by atoms with Crippen molar-refractivity contribution in [3.63, 3.8) is 0 Å². The molecule has 1 aromatic carbocycles. The van der Waals surface area contributed by atoms with E-state index >= 15 is 0 Å². The summed E-state index contributed by atoms with van der Waals surface area (Å²) >= 11 is 0. The van der Waals surface area contributed by atoms with Gasteiger partial charge in [0.1, 0.15) is 0 Å². The number of amides is 2. The van der Waals surface area contributed by atoms with Crippen LogP contribution in [-0.4, -0.2) is 33.8 Å². The van der Waals surface area contributed by atoms with Crippen molar-refractivity contribution in [1.29, 1.82) is 0 Å². The second-order valence-corrected chi connectivity index (χ2v) is 6.42. The van der Waals surface area contributed by atoms with E-state index in [4.69, 9.17) is 0 Å². The van der Waals surface area contributed by atoms with Crippen LogP contribution in [0.2, 0.25) is 0 Å². The number of nitrogens with one attached hydrogen (secondary N) is 1. The second-order valence-electron chi connectivity index (χ2n) is 6.42. The maximum atomic E-state index is 12.2. The number of nitrogens with zero attached hydrogens (tertiary/aromatic N) is 3. The zero-order chi connectivity index (χ0) is 15.6. The minimum absolute atomic E-state index is 0.0740. The van der Waals surface area contributed by atoms with Crippen LogP contribution >= 0.6 is 0 Å². The maximum Gasteiger partial charge on any atom is 0.317 e. The first-order valence-corrected chi connectivity index (χ1v) is 8.45. The summed E-state index contributed by atoms with van der Waals surface area (Å²) in [6.45, 7) is 2.57. The van der Waals surface area contributed by atoms with Crippen LogP contribution in [0.5, 0.6) is 0 Å². The zero-order valence-corrected chi connectivity index (χ0v) is 13.2. The number of hydrogen-bond acceptors (Lipinski definition) is 2. The normalized spacial score (nSPS) is 19.8. The van der Waals surface area contributed by atoms with Crippen LogP contribution in [0.3, 0.4) is 0 Å². The average Bonchev–Trinajstić information content (AvgIpc) is 2.91. The van der Waals surface area contributed by atoms with Crippen LogP contribution < -0.4 is 5.32 Å². The quantitative estimate of drug-likeness (QED) is 0.947. The van der Waals surface area contributed by atoms with Crippen LogP contribution in [0.25, 0.3) is 0 Å². The van der Waals surface area contributed by atoms with Gasteiger partial charge in [-0.05, 0) is 31.2 Å². The number of rotatable bonds is 3. The van der Waals surface area contributed by atoms with Crippen molar-refractivity contribution in [3.05, 3.63) is 53.3 Å². The Morgan fingerprint density at radius 2 is 2.04 bits per heavy atom. The molecular weight excluding hydrogens is 288 g/mol. The Morgan fingerprint density at radius 3 is 2.78 bits per heavy atom. The minimum atomic E-state index is 0.0740. The van der Waals surface area contributed by atoms with Crippen LogP contribution in [0.1, 0.15) is 42.1 Å². The summed E-state index contributed by atoms with van der Waals surface area (Å²) in [6.07, 6.45) is 6.21. The molecule has 0 radical (unpaired) electrons. The molecule has 5 heteroatoms. The number of aromatic nitrogens is 2. The summed E-state index contributed by atoms with van der Waals surface area (Å²) in [5.41, 5.74) is 3.72. The van der Waals surface area contributed by atoms with E-state index in [-0.39, 0.29) is 12.1 Å². The molecule has 1 aliphatic carbocycles. The smallest absolute Gasteiger partial charge is 0.317 e. The lowest BCUT2D eigenvalue weighted by atomic mass is 9.93. The Morgan fingerprint density at radius 1 is 1.22 bits per heavy atom. The minimum Gasteiger partial charge on any atom is -0.331 e. The van der Waals surface area contributed by atoms with Crippen molar-refractivity contribution in [2.24, 2.45) is 0 Å². The lowest BCUT2D eigenvalue weighted by Crippen LogP contribution is -2.49. The molecule has 1 atom stereocenters. The van der Waals surface area contributed by atoms with E-state index in [0.29, 0.717) is 0 Å². The summed E-state index contributed by atoms with van der Waals surface area (Å²) < 4.78 is 2.09. The Labute approximate surface area is 136 Å². The number of likely N-dealkylation sites (tertiary alicyclic amines) is 1. The molecule has 1 aliphatic heterocycles. The number of fused-ring (bicyclic) bond motifs is 1. The molecule has 1 aromatic heterocycles. The fourth-order valence-electron chi connectivity index (χ4n) is 3.42. The predicted octanol–water partition coefficient (Wildman–Crippen LogP) is 2.72. The van der Waals surface area contributed by atoms with Gasteiger partial charge in [0.05, 0.1) is 18.8 Å². The highest BCUT2D eigenvalue weighted by Gasteiger charge is 2.28. The summed E-state index contributed by atoms with van der Waals surface area (Å²) in [6, 6.07) is 10.6. The largest absolute Gasteiger partial charge is 0.331 e. The van der Waals surface area contributed by atoms with E-state index in [1.54, 1.807) is 0 Å². The predicted molar refractivity (Wildman–Crippen MR) is 88.2 cm³/mol. The molecule has 0 saturated carbocycles. The molecule has 120 valence electrons. The molecule has 23 heavy (non-hydrogen) atoms. The molecular formula is C18H22N4O. The third kappa shape index (κ3) is 2.83. The van der Waals surface area contributed by atoms with E-state index in [1.165, 1.54) is 16.8 Å². The summed E-state index contributed by atoms with van der Waals surface area (Å²) in [7, 11) is 0. The number of urea groups is 1. The highest BCUT2D eigenvalue weighted by molar-refractivity contribution is 5.75. The lowest BCUT2D eigenvalue weighted by Gasteiger charge is -2.33. The number of benzene rings is 1. The van der Waals surface area contributed by atoms with Gasteiger partial charge in [0.2, 0.25) is 0 Å². The lowest BCUT2D eigenvalue weighted by molar-refractivity contribution is 0.162. The molecule has 4 rings (SSSR count). The highest BCUT2D eigenvalue weighted by Crippen LogP contribution is 2.30.